The van der Waals surface area contributed by atoms with Crippen LogP contribution in [-0.4, -0.2) is 36.6 Å². The van der Waals surface area contributed by atoms with Crippen LogP contribution in [0.5, 0.6) is 0 Å². The van der Waals surface area contributed by atoms with Crippen molar-refractivity contribution >= 4 is 23.5 Å². The lowest BCUT2D eigenvalue weighted by Gasteiger charge is -2.13. The molecule has 1 amide bonds. The Morgan fingerprint density at radius 2 is 2.11 bits per heavy atom. The van der Waals surface area contributed by atoms with Crippen molar-refractivity contribution in [3.63, 3.8) is 0 Å². The van der Waals surface area contributed by atoms with Gasteiger partial charge < -0.3 is 9.84 Å². The minimum atomic E-state index is -0.166. The first-order valence-corrected chi connectivity index (χ1v) is 9.84. The first-order chi connectivity index (χ1) is 13.1. The highest BCUT2D eigenvalue weighted by Gasteiger charge is 2.20. The van der Waals surface area contributed by atoms with Crippen molar-refractivity contribution in [1.29, 1.82) is 0 Å². The van der Waals surface area contributed by atoms with E-state index in [0.29, 0.717) is 11.6 Å². The smallest absolute Gasteiger partial charge is 0.236 e. The summed E-state index contributed by atoms with van der Waals surface area (Å²) in [6.45, 7) is 3.82. The van der Waals surface area contributed by atoms with Crippen LogP contribution in [0.15, 0.2) is 28.0 Å². The zero-order valence-corrected chi connectivity index (χ0v) is 16.0. The van der Waals surface area contributed by atoms with E-state index in [1.165, 1.54) is 42.2 Å². The van der Waals surface area contributed by atoms with Crippen LogP contribution in [0.3, 0.4) is 0 Å². The van der Waals surface area contributed by atoms with Gasteiger partial charge >= 0.3 is 0 Å². The molecule has 1 aliphatic rings. The third-order valence-electron chi connectivity index (χ3n) is 4.47. The maximum absolute atomic E-state index is 12.1. The topological polar surface area (TPSA) is 98.7 Å². The third-order valence-corrected chi connectivity index (χ3v) is 5.40. The third kappa shape index (κ3) is 3.87. The number of nitrogens with one attached hydrogen (secondary N) is 1. The van der Waals surface area contributed by atoms with Gasteiger partial charge in [0.25, 0.3) is 0 Å². The molecule has 0 spiro atoms. The molecule has 0 atom stereocenters. The van der Waals surface area contributed by atoms with E-state index in [1.54, 1.807) is 13.0 Å². The number of rotatable bonds is 5. The van der Waals surface area contributed by atoms with Crippen molar-refractivity contribution in [1.82, 2.24) is 24.9 Å². The first kappa shape index (κ1) is 17.7. The average Bonchev–Trinajstić information content (AvgIpc) is 3.24. The molecule has 0 bridgehead atoms. The van der Waals surface area contributed by atoms with E-state index < -0.39 is 0 Å². The summed E-state index contributed by atoms with van der Waals surface area (Å²) in [7, 11) is 0. The predicted molar refractivity (Wildman–Crippen MR) is 101 cm³/mol. The fourth-order valence-corrected chi connectivity index (χ4v) is 3.90. The second kappa shape index (κ2) is 7.51. The molecule has 4 rings (SSSR count). The molecule has 0 radical (unpaired) electrons. The van der Waals surface area contributed by atoms with E-state index in [4.69, 9.17) is 4.52 Å². The van der Waals surface area contributed by atoms with E-state index in [2.05, 4.69) is 25.5 Å². The van der Waals surface area contributed by atoms with Gasteiger partial charge in [-0.05, 0) is 45.1 Å². The number of hydrogen-bond donors (Lipinski definition) is 1. The summed E-state index contributed by atoms with van der Waals surface area (Å²) in [6, 6.07) is 3.55. The van der Waals surface area contributed by atoms with Crippen molar-refractivity contribution < 1.29 is 9.32 Å². The lowest BCUT2D eigenvalue weighted by molar-refractivity contribution is -0.113. The Kier molecular flexibility index (Phi) is 4.93. The number of thioether (sulfide) groups is 1. The van der Waals surface area contributed by atoms with Crippen LogP contribution in [0.2, 0.25) is 0 Å². The molecule has 1 N–H and O–H groups in total. The van der Waals surface area contributed by atoms with Gasteiger partial charge in [0.05, 0.1) is 11.4 Å². The molecule has 0 saturated heterocycles. The Morgan fingerprint density at radius 3 is 2.93 bits per heavy atom. The van der Waals surface area contributed by atoms with E-state index in [0.717, 1.165) is 29.4 Å². The average molecular weight is 384 g/mol. The van der Waals surface area contributed by atoms with Gasteiger partial charge in [0.1, 0.15) is 17.1 Å². The highest BCUT2D eigenvalue weighted by molar-refractivity contribution is 7.99. The van der Waals surface area contributed by atoms with Crippen LogP contribution < -0.4 is 5.32 Å². The monoisotopic (exact) mass is 384 g/mol. The summed E-state index contributed by atoms with van der Waals surface area (Å²) in [5.41, 5.74) is 3.66. The largest absolute Gasteiger partial charge is 0.360 e. The molecule has 140 valence electrons. The molecule has 0 aromatic carbocycles. The Hall–Kier alpha value is -2.68. The zero-order valence-electron chi connectivity index (χ0n) is 15.2. The molecule has 0 saturated carbocycles. The van der Waals surface area contributed by atoms with Crippen LogP contribution in [0, 0.1) is 13.8 Å². The second-order valence-corrected chi connectivity index (χ2v) is 7.50. The molecule has 27 heavy (non-hydrogen) atoms. The SMILES string of the molecule is Cc1cc(NC(=O)CSc2cc(-n3nc(C)c4c3CCCC4)ncn2)no1. The number of aryl methyl sites for hydroxylation is 2. The number of nitrogens with zero attached hydrogens (tertiary/aromatic N) is 5. The molecular weight excluding hydrogens is 364 g/mol. The Bertz CT molecular complexity index is 980. The van der Waals surface area contributed by atoms with Crippen LogP contribution in [-0.2, 0) is 17.6 Å². The van der Waals surface area contributed by atoms with Crippen molar-refractivity contribution in [2.75, 3.05) is 11.1 Å². The van der Waals surface area contributed by atoms with E-state index >= 15 is 0 Å². The molecule has 0 aliphatic heterocycles. The molecule has 8 nitrogen and oxygen atoms in total. The Balaban J connectivity index is 1.46. The fourth-order valence-electron chi connectivity index (χ4n) is 3.24. The molecule has 0 fully saturated rings. The van der Waals surface area contributed by atoms with Gasteiger partial charge in [0.15, 0.2) is 11.6 Å². The molecule has 3 heterocycles. The van der Waals surface area contributed by atoms with Crippen molar-refractivity contribution in [3.05, 3.63) is 41.2 Å². The maximum atomic E-state index is 12.1. The second-order valence-electron chi connectivity index (χ2n) is 6.50. The summed E-state index contributed by atoms with van der Waals surface area (Å²) in [4.78, 5) is 20.7. The number of amides is 1. The normalized spacial score (nSPS) is 13.4. The number of fused-ring (bicyclic) bond motifs is 1. The standard InChI is InChI=1S/C18H20N6O2S/c1-11-7-15(23-26-11)21-17(25)9-27-18-8-16(19-10-20-18)24-14-6-4-3-5-13(14)12(2)22-24/h7-8,10H,3-6,9H2,1-2H3,(H,21,23,25). The minimum absolute atomic E-state index is 0.166. The molecule has 0 unspecified atom stereocenters. The van der Waals surface area contributed by atoms with Crippen LogP contribution >= 0.6 is 11.8 Å². The highest BCUT2D eigenvalue weighted by atomic mass is 32.2. The molecule has 3 aromatic heterocycles. The molecular formula is C18H20N6O2S. The van der Waals surface area contributed by atoms with Gasteiger partial charge in [-0.15, -0.1) is 0 Å². The summed E-state index contributed by atoms with van der Waals surface area (Å²) in [5.74, 6) is 1.86. The van der Waals surface area contributed by atoms with Crippen LogP contribution in [0.4, 0.5) is 5.82 Å². The molecule has 1 aliphatic carbocycles. The molecule has 3 aromatic rings. The van der Waals surface area contributed by atoms with Gasteiger partial charge in [0, 0.05) is 17.8 Å². The van der Waals surface area contributed by atoms with Crippen molar-refractivity contribution in [3.8, 4) is 5.82 Å². The van der Waals surface area contributed by atoms with E-state index in [9.17, 15) is 4.79 Å². The Labute approximate surface area is 160 Å². The number of anilines is 1. The lowest BCUT2D eigenvalue weighted by Crippen LogP contribution is -2.14. The van der Waals surface area contributed by atoms with Gasteiger partial charge in [-0.2, -0.15) is 5.10 Å². The summed E-state index contributed by atoms with van der Waals surface area (Å²) in [6.07, 6.45) is 6.00. The summed E-state index contributed by atoms with van der Waals surface area (Å²) < 4.78 is 6.86. The number of carbonyl (C=O) groups excluding carboxylic acids is 1. The lowest BCUT2D eigenvalue weighted by atomic mass is 9.96. The number of carbonyl (C=O) groups is 1. The summed E-state index contributed by atoms with van der Waals surface area (Å²) >= 11 is 1.34. The number of hydrogen-bond acceptors (Lipinski definition) is 7. The fraction of sp³-hybridized carbons (Fsp3) is 0.389. The summed E-state index contributed by atoms with van der Waals surface area (Å²) in [5, 5.41) is 11.9. The van der Waals surface area contributed by atoms with Crippen molar-refractivity contribution in [2.45, 2.75) is 44.6 Å². The van der Waals surface area contributed by atoms with Crippen LogP contribution in [0.1, 0.15) is 35.6 Å². The quantitative estimate of drug-likeness (QED) is 0.533. The van der Waals surface area contributed by atoms with E-state index in [-0.39, 0.29) is 11.7 Å². The van der Waals surface area contributed by atoms with Gasteiger partial charge in [-0.25, -0.2) is 14.6 Å². The zero-order chi connectivity index (χ0) is 18.8. The Morgan fingerprint density at radius 1 is 1.26 bits per heavy atom. The van der Waals surface area contributed by atoms with E-state index in [1.807, 2.05) is 17.7 Å². The van der Waals surface area contributed by atoms with Gasteiger partial charge in [-0.3, -0.25) is 4.79 Å². The van der Waals surface area contributed by atoms with Crippen LogP contribution in [0.25, 0.3) is 5.82 Å². The first-order valence-electron chi connectivity index (χ1n) is 8.86. The molecule has 9 heteroatoms. The van der Waals surface area contributed by atoms with Crippen molar-refractivity contribution in [2.24, 2.45) is 0 Å². The number of aromatic nitrogens is 5. The predicted octanol–water partition coefficient (Wildman–Crippen LogP) is 2.88. The highest BCUT2D eigenvalue weighted by Crippen LogP contribution is 2.26. The maximum Gasteiger partial charge on any atom is 0.236 e. The minimum Gasteiger partial charge on any atom is -0.360 e. The van der Waals surface area contributed by atoms with Gasteiger partial charge in [-0.1, -0.05) is 16.9 Å². The van der Waals surface area contributed by atoms with Gasteiger partial charge in [0.2, 0.25) is 5.91 Å².